The maximum Gasteiger partial charge on any atom is 0.185 e. The Kier molecular flexibility index (Phi) is 6.98. The third-order valence-corrected chi connectivity index (χ3v) is 4.07. The van der Waals surface area contributed by atoms with Crippen molar-refractivity contribution < 1.29 is 9.90 Å². The van der Waals surface area contributed by atoms with Gasteiger partial charge in [0.05, 0.1) is 0 Å². The molecule has 0 aliphatic rings. The van der Waals surface area contributed by atoms with Crippen molar-refractivity contribution in [2.24, 2.45) is 0 Å². The van der Waals surface area contributed by atoms with E-state index < -0.39 is 0 Å². The second-order valence-electron chi connectivity index (χ2n) is 6.87. The highest BCUT2D eigenvalue weighted by molar-refractivity contribution is 6.30. The Bertz CT molecular complexity index is 765. The van der Waals surface area contributed by atoms with Crippen LogP contribution in [0.25, 0.3) is 6.08 Å². The molecular weight excluding hydrogens is 348 g/mol. The standard InChI is InChI=1S/C21H25ClN2O2/c1-23(2)13-17-11-16(12-18(21(17)26)14-24(3)4)20(25)10-7-15-5-8-19(22)9-6-15/h5-12,26H,13-14H2,1-4H3/b10-7+. The normalized spacial score (nSPS) is 11.7. The van der Waals surface area contributed by atoms with E-state index in [0.29, 0.717) is 23.7 Å². The zero-order valence-electron chi connectivity index (χ0n) is 15.7. The van der Waals surface area contributed by atoms with Gasteiger partial charge in [-0.15, -0.1) is 0 Å². The summed E-state index contributed by atoms with van der Waals surface area (Å²) in [6.07, 6.45) is 3.32. The first-order valence-electron chi connectivity index (χ1n) is 8.38. The molecule has 4 nitrogen and oxygen atoms in total. The van der Waals surface area contributed by atoms with E-state index in [4.69, 9.17) is 11.6 Å². The van der Waals surface area contributed by atoms with Gasteiger partial charge < -0.3 is 14.9 Å². The van der Waals surface area contributed by atoms with E-state index >= 15 is 0 Å². The zero-order chi connectivity index (χ0) is 19.3. The van der Waals surface area contributed by atoms with Gasteiger partial charge in [0, 0.05) is 34.8 Å². The molecule has 0 spiro atoms. The molecule has 0 radical (unpaired) electrons. The van der Waals surface area contributed by atoms with E-state index in [1.54, 1.807) is 36.4 Å². The molecule has 0 unspecified atom stereocenters. The van der Waals surface area contributed by atoms with Crippen molar-refractivity contribution >= 4 is 23.5 Å². The lowest BCUT2D eigenvalue weighted by molar-refractivity contribution is 0.104. The number of phenols is 1. The number of benzene rings is 2. The fraction of sp³-hybridized carbons (Fsp3) is 0.286. The second kappa shape index (κ2) is 8.99. The summed E-state index contributed by atoms with van der Waals surface area (Å²) >= 11 is 5.88. The van der Waals surface area contributed by atoms with Crippen molar-refractivity contribution in [2.45, 2.75) is 13.1 Å². The Balaban J connectivity index is 2.33. The minimum atomic E-state index is -0.0973. The molecule has 26 heavy (non-hydrogen) atoms. The molecule has 0 saturated heterocycles. The lowest BCUT2D eigenvalue weighted by Crippen LogP contribution is -2.15. The lowest BCUT2D eigenvalue weighted by atomic mass is 10.00. The van der Waals surface area contributed by atoms with Gasteiger partial charge in [0.1, 0.15) is 5.75 Å². The van der Waals surface area contributed by atoms with Crippen LogP contribution in [0.3, 0.4) is 0 Å². The van der Waals surface area contributed by atoms with E-state index in [1.165, 1.54) is 0 Å². The molecule has 0 fully saturated rings. The van der Waals surface area contributed by atoms with Crippen molar-refractivity contribution in [2.75, 3.05) is 28.2 Å². The van der Waals surface area contributed by atoms with Gasteiger partial charge in [0.2, 0.25) is 0 Å². The topological polar surface area (TPSA) is 43.8 Å². The smallest absolute Gasteiger partial charge is 0.185 e. The van der Waals surface area contributed by atoms with E-state index in [1.807, 2.05) is 50.1 Å². The first kappa shape index (κ1) is 20.2. The SMILES string of the molecule is CN(C)Cc1cc(C(=O)/C=C/c2ccc(Cl)cc2)cc(CN(C)C)c1O. The van der Waals surface area contributed by atoms with Crippen LogP contribution in [-0.4, -0.2) is 48.9 Å². The third-order valence-electron chi connectivity index (χ3n) is 3.82. The minimum Gasteiger partial charge on any atom is -0.507 e. The average Bonchev–Trinajstić information content (AvgIpc) is 2.56. The quantitative estimate of drug-likeness (QED) is 0.588. The summed E-state index contributed by atoms with van der Waals surface area (Å²) in [5.41, 5.74) is 2.97. The van der Waals surface area contributed by atoms with E-state index in [-0.39, 0.29) is 11.5 Å². The van der Waals surface area contributed by atoms with E-state index in [0.717, 1.165) is 16.7 Å². The second-order valence-corrected chi connectivity index (χ2v) is 7.30. The number of nitrogens with zero attached hydrogens (tertiary/aromatic N) is 2. The fourth-order valence-electron chi connectivity index (χ4n) is 2.67. The van der Waals surface area contributed by atoms with Crippen molar-refractivity contribution in [3.63, 3.8) is 0 Å². The molecule has 0 amide bonds. The number of hydrogen-bond acceptors (Lipinski definition) is 4. The zero-order valence-corrected chi connectivity index (χ0v) is 16.4. The number of phenolic OH excluding ortho intramolecular Hbond substituents is 1. The molecule has 138 valence electrons. The number of carbonyl (C=O) groups excluding carboxylic acids is 1. The molecule has 0 aliphatic carbocycles. The molecule has 0 heterocycles. The molecule has 0 saturated carbocycles. The van der Waals surface area contributed by atoms with Gasteiger partial charge in [-0.05, 0) is 64.1 Å². The third kappa shape index (κ3) is 5.70. The van der Waals surface area contributed by atoms with Gasteiger partial charge in [0.25, 0.3) is 0 Å². The molecule has 0 atom stereocenters. The van der Waals surface area contributed by atoms with Crippen LogP contribution in [0.2, 0.25) is 5.02 Å². The number of aromatic hydroxyl groups is 1. The molecule has 0 bridgehead atoms. The number of hydrogen-bond donors (Lipinski definition) is 1. The molecule has 2 rings (SSSR count). The Morgan fingerprint density at radius 1 is 1.00 bits per heavy atom. The summed E-state index contributed by atoms with van der Waals surface area (Å²) in [6.45, 7) is 1.13. The molecule has 2 aromatic carbocycles. The molecular formula is C21H25ClN2O2. The monoisotopic (exact) mass is 372 g/mol. The minimum absolute atomic E-state index is 0.0973. The Morgan fingerprint density at radius 2 is 1.50 bits per heavy atom. The Morgan fingerprint density at radius 3 is 1.96 bits per heavy atom. The van der Waals surface area contributed by atoms with E-state index in [9.17, 15) is 9.90 Å². The highest BCUT2D eigenvalue weighted by Gasteiger charge is 2.14. The summed E-state index contributed by atoms with van der Waals surface area (Å²) in [6, 6.07) is 10.8. The summed E-state index contributed by atoms with van der Waals surface area (Å²) in [5, 5.41) is 11.2. The summed E-state index contributed by atoms with van der Waals surface area (Å²) in [5.74, 6) is 0.158. The maximum atomic E-state index is 12.7. The Hall–Kier alpha value is -2.14. The fourth-order valence-corrected chi connectivity index (χ4v) is 2.79. The highest BCUT2D eigenvalue weighted by atomic mass is 35.5. The molecule has 2 aromatic rings. The molecule has 0 aromatic heterocycles. The first-order chi connectivity index (χ1) is 12.3. The first-order valence-corrected chi connectivity index (χ1v) is 8.76. The van der Waals surface area contributed by atoms with Crippen LogP contribution in [-0.2, 0) is 13.1 Å². The average molecular weight is 373 g/mol. The Labute approximate surface area is 160 Å². The van der Waals surface area contributed by atoms with Crippen LogP contribution >= 0.6 is 11.6 Å². The van der Waals surface area contributed by atoms with Crippen LogP contribution in [0.1, 0.15) is 27.0 Å². The predicted octanol–water partition coefficient (Wildman–Crippen LogP) is 4.06. The predicted molar refractivity (Wildman–Crippen MR) is 108 cm³/mol. The number of allylic oxidation sites excluding steroid dienone is 1. The number of carbonyl (C=O) groups is 1. The van der Waals surface area contributed by atoms with Crippen molar-refractivity contribution in [3.8, 4) is 5.75 Å². The van der Waals surface area contributed by atoms with Crippen LogP contribution in [0.5, 0.6) is 5.75 Å². The molecule has 0 aliphatic heterocycles. The van der Waals surface area contributed by atoms with Crippen molar-refractivity contribution in [3.05, 3.63) is 69.8 Å². The summed E-state index contributed by atoms with van der Waals surface area (Å²) in [4.78, 5) is 16.6. The van der Waals surface area contributed by atoms with Crippen LogP contribution in [0.4, 0.5) is 0 Å². The number of ketones is 1. The van der Waals surface area contributed by atoms with Crippen LogP contribution in [0, 0.1) is 0 Å². The molecule has 5 heteroatoms. The van der Waals surface area contributed by atoms with E-state index in [2.05, 4.69) is 0 Å². The largest absolute Gasteiger partial charge is 0.507 e. The van der Waals surface area contributed by atoms with Gasteiger partial charge in [-0.25, -0.2) is 0 Å². The van der Waals surface area contributed by atoms with Gasteiger partial charge >= 0.3 is 0 Å². The molecule has 1 N–H and O–H groups in total. The summed E-state index contributed by atoms with van der Waals surface area (Å²) < 4.78 is 0. The number of halogens is 1. The van der Waals surface area contributed by atoms with Gasteiger partial charge in [0.15, 0.2) is 5.78 Å². The summed E-state index contributed by atoms with van der Waals surface area (Å²) in [7, 11) is 7.72. The lowest BCUT2D eigenvalue weighted by Gasteiger charge is -2.17. The van der Waals surface area contributed by atoms with Gasteiger partial charge in [-0.2, -0.15) is 0 Å². The van der Waals surface area contributed by atoms with Gasteiger partial charge in [-0.1, -0.05) is 29.8 Å². The van der Waals surface area contributed by atoms with Crippen molar-refractivity contribution in [1.82, 2.24) is 9.80 Å². The number of rotatable bonds is 7. The van der Waals surface area contributed by atoms with Crippen LogP contribution in [0.15, 0.2) is 42.5 Å². The maximum absolute atomic E-state index is 12.7. The van der Waals surface area contributed by atoms with Gasteiger partial charge in [-0.3, -0.25) is 4.79 Å². The van der Waals surface area contributed by atoms with Crippen LogP contribution < -0.4 is 0 Å². The van der Waals surface area contributed by atoms with Crippen molar-refractivity contribution in [1.29, 1.82) is 0 Å². The highest BCUT2D eigenvalue weighted by Crippen LogP contribution is 2.27.